The third-order valence-electron chi connectivity index (χ3n) is 4.62. The molecular formula is C21H18F2N2O4. The van der Waals surface area contributed by atoms with E-state index < -0.39 is 6.61 Å². The smallest absolute Gasteiger partial charge is 0.387 e. The van der Waals surface area contributed by atoms with E-state index in [9.17, 15) is 13.6 Å². The number of halogens is 2. The first-order valence-electron chi connectivity index (χ1n) is 9.07. The summed E-state index contributed by atoms with van der Waals surface area (Å²) in [4.78, 5) is 16.3. The molecule has 1 aliphatic heterocycles. The lowest BCUT2D eigenvalue weighted by atomic mass is 9.94. The number of nitrogens with one attached hydrogen (secondary N) is 1. The first-order valence-corrected chi connectivity index (χ1v) is 9.07. The average Bonchev–Trinajstić information content (AvgIpc) is 3.23. The summed E-state index contributed by atoms with van der Waals surface area (Å²) in [7, 11) is 0. The van der Waals surface area contributed by atoms with E-state index in [2.05, 4.69) is 15.0 Å². The molecule has 1 aromatic heterocycles. The molecule has 0 radical (unpaired) electrons. The number of fused-ring (bicyclic) bond motifs is 1. The zero-order valence-electron chi connectivity index (χ0n) is 15.3. The second-order valence-electron chi connectivity index (χ2n) is 6.70. The summed E-state index contributed by atoms with van der Waals surface area (Å²) in [5.41, 5.74) is 1.72. The number of ether oxygens (including phenoxy) is 2. The molecule has 29 heavy (non-hydrogen) atoms. The van der Waals surface area contributed by atoms with E-state index in [1.54, 1.807) is 6.07 Å². The Hall–Kier alpha value is -3.42. The summed E-state index contributed by atoms with van der Waals surface area (Å²) in [6.45, 7) is -2.60. The predicted molar refractivity (Wildman–Crippen MR) is 101 cm³/mol. The van der Waals surface area contributed by atoms with Crippen molar-refractivity contribution in [3.05, 3.63) is 60.6 Å². The second kappa shape index (κ2) is 8.30. The zero-order chi connectivity index (χ0) is 20.2. The fraction of sp³-hybridized carbons (Fsp3) is 0.238. The number of carbonyl (C=O) groups excluding carboxylic acids is 1. The largest absolute Gasteiger partial charge is 0.493 e. The van der Waals surface area contributed by atoms with Gasteiger partial charge >= 0.3 is 6.61 Å². The molecule has 6 nitrogen and oxygen atoms in total. The minimum atomic E-state index is -3.03. The van der Waals surface area contributed by atoms with Crippen molar-refractivity contribution in [1.29, 1.82) is 0 Å². The number of alkyl halides is 2. The van der Waals surface area contributed by atoms with Crippen LogP contribution in [-0.4, -0.2) is 24.1 Å². The van der Waals surface area contributed by atoms with Crippen molar-refractivity contribution < 1.29 is 27.5 Å². The van der Waals surface area contributed by atoms with Crippen LogP contribution in [0.15, 0.2) is 59.5 Å². The summed E-state index contributed by atoms with van der Waals surface area (Å²) in [5.74, 6) is 0.787. The highest BCUT2D eigenvalue weighted by molar-refractivity contribution is 5.93. The summed E-state index contributed by atoms with van der Waals surface area (Å²) in [5, 5.41) is 2.66. The van der Waals surface area contributed by atoms with Crippen LogP contribution in [0.5, 0.6) is 11.5 Å². The normalized spacial score (nSPS) is 15.5. The Morgan fingerprint density at radius 3 is 2.93 bits per heavy atom. The molecule has 0 aliphatic carbocycles. The van der Waals surface area contributed by atoms with E-state index in [4.69, 9.17) is 9.15 Å². The van der Waals surface area contributed by atoms with Crippen LogP contribution in [0.4, 0.5) is 14.5 Å². The van der Waals surface area contributed by atoms with Crippen molar-refractivity contribution in [2.75, 3.05) is 11.9 Å². The van der Waals surface area contributed by atoms with Gasteiger partial charge in [0, 0.05) is 17.9 Å². The van der Waals surface area contributed by atoms with Gasteiger partial charge in [-0.05, 0) is 36.2 Å². The summed E-state index contributed by atoms with van der Waals surface area (Å²) in [6.07, 6.45) is 3.62. The lowest BCUT2D eigenvalue weighted by molar-refractivity contribution is -0.117. The van der Waals surface area contributed by atoms with E-state index in [1.807, 2.05) is 24.3 Å². The highest BCUT2D eigenvalue weighted by atomic mass is 19.3. The van der Waals surface area contributed by atoms with Crippen LogP contribution in [0.2, 0.25) is 0 Å². The van der Waals surface area contributed by atoms with E-state index >= 15 is 0 Å². The molecule has 0 spiro atoms. The fourth-order valence-electron chi connectivity index (χ4n) is 3.32. The van der Waals surface area contributed by atoms with Gasteiger partial charge in [0.1, 0.15) is 11.5 Å². The number of rotatable bonds is 6. The number of aromatic nitrogens is 1. The van der Waals surface area contributed by atoms with Crippen LogP contribution in [0.1, 0.15) is 12.0 Å². The molecule has 1 aliphatic rings. The predicted octanol–water partition coefficient (Wildman–Crippen LogP) is 4.52. The third-order valence-corrected chi connectivity index (χ3v) is 4.62. The fourth-order valence-corrected chi connectivity index (χ4v) is 3.32. The molecule has 2 heterocycles. The summed E-state index contributed by atoms with van der Waals surface area (Å²) >= 11 is 0. The van der Waals surface area contributed by atoms with Crippen molar-refractivity contribution in [1.82, 2.24) is 4.98 Å². The van der Waals surface area contributed by atoms with Gasteiger partial charge in [-0.25, -0.2) is 4.98 Å². The van der Waals surface area contributed by atoms with Crippen LogP contribution in [-0.2, 0) is 11.2 Å². The van der Waals surface area contributed by atoms with Crippen LogP contribution >= 0.6 is 0 Å². The maximum atomic E-state index is 12.8. The van der Waals surface area contributed by atoms with E-state index in [-0.39, 0.29) is 29.7 Å². The molecule has 4 rings (SSSR count). The van der Waals surface area contributed by atoms with Gasteiger partial charge in [-0.2, -0.15) is 8.78 Å². The minimum Gasteiger partial charge on any atom is -0.493 e. The van der Waals surface area contributed by atoms with Crippen LogP contribution < -0.4 is 14.8 Å². The highest BCUT2D eigenvalue weighted by Crippen LogP contribution is 2.33. The van der Waals surface area contributed by atoms with Crippen molar-refractivity contribution in [3.8, 4) is 22.8 Å². The van der Waals surface area contributed by atoms with Crippen LogP contribution in [0.25, 0.3) is 11.3 Å². The molecule has 1 N–H and O–H groups in total. The summed E-state index contributed by atoms with van der Waals surface area (Å²) < 4.78 is 41.1. The number of para-hydroxylation sites is 1. The number of nitrogens with zero attached hydrogens (tertiary/aromatic N) is 1. The number of amides is 1. The molecule has 150 valence electrons. The number of hydrogen-bond acceptors (Lipinski definition) is 5. The molecule has 0 saturated carbocycles. The van der Waals surface area contributed by atoms with Gasteiger partial charge in [0.25, 0.3) is 0 Å². The molecule has 1 amide bonds. The highest BCUT2D eigenvalue weighted by Gasteiger charge is 2.23. The maximum Gasteiger partial charge on any atom is 0.387 e. The van der Waals surface area contributed by atoms with Gasteiger partial charge in [0.05, 0.1) is 18.5 Å². The molecule has 1 atom stereocenters. The standard InChI is InChI=1S/C21H18F2N2O4/c22-21(23)29-18-9-15(19-10-24-12-28-19)5-6-16(18)25-20(26)8-13-7-14-3-1-2-4-17(14)27-11-13/h1-6,9-10,12-13,21H,7-8,11H2,(H,25,26). The number of anilines is 1. The summed E-state index contributed by atoms with van der Waals surface area (Å²) in [6, 6.07) is 12.2. The van der Waals surface area contributed by atoms with Crippen molar-refractivity contribution in [2.45, 2.75) is 19.5 Å². The van der Waals surface area contributed by atoms with Crippen molar-refractivity contribution in [2.24, 2.45) is 5.92 Å². The van der Waals surface area contributed by atoms with E-state index in [1.165, 1.54) is 24.7 Å². The molecular weight excluding hydrogens is 382 g/mol. The Kier molecular flexibility index (Phi) is 5.41. The molecule has 0 bridgehead atoms. The number of carbonyl (C=O) groups is 1. The lowest BCUT2D eigenvalue weighted by Gasteiger charge is -2.25. The molecule has 1 unspecified atom stereocenters. The quantitative estimate of drug-likeness (QED) is 0.658. The number of benzene rings is 2. The average molecular weight is 400 g/mol. The maximum absolute atomic E-state index is 12.8. The third kappa shape index (κ3) is 4.53. The van der Waals surface area contributed by atoms with E-state index in [0.717, 1.165) is 11.3 Å². The topological polar surface area (TPSA) is 73.6 Å². The Morgan fingerprint density at radius 1 is 1.28 bits per heavy atom. The van der Waals surface area contributed by atoms with Gasteiger partial charge < -0.3 is 19.2 Å². The van der Waals surface area contributed by atoms with Crippen LogP contribution in [0.3, 0.4) is 0 Å². The van der Waals surface area contributed by atoms with E-state index in [0.29, 0.717) is 24.4 Å². The Bertz CT molecular complexity index is 992. The Labute approximate surface area is 165 Å². The molecule has 0 fully saturated rings. The van der Waals surface area contributed by atoms with Crippen LogP contribution in [0, 0.1) is 5.92 Å². The molecule has 0 saturated heterocycles. The van der Waals surface area contributed by atoms with Gasteiger partial charge in [0.15, 0.2) is 12.2 Å². The lowest BCUT2D eigenvalue weighted by Crippen LogP contribution is -2.26. The first-order chi connectivity index (χ1) is 14.1. The van der Waals surface area contributed by atoms with Gasteiger partial charge in [-0.1, -0.05) is 18.2 Å². The van der Waals surface area contributed by atoms with Gasteiger partial charge in [-0.15, -0.1) is 0 Å². The Morgan fingerprint density at radius 2 is 2.14 bits per heavy atom. The number of oxazole rings is 1. The van der Waals surface area contributed by atoms with Crippen molar-refractivity contribution in [3.63, 3.8) is 0 Å². The number of hydrogen-bond donors (Lipinski definition) is 1. The first kappa shape index (κ1) is 18.9. The SMILES string of the molecule is O=C(CC1COc2ccccc2C1)Nc1ccc(-c2cnco2)cc1OC(F)F. The Balaban J connectivity index is 1.46. The molecule has 2 aromatic carbocycles. The van der Waals surface area contributed by atoms with Crippen molar-refractivity contribution >= 4 is 11.6 Å². The zero-order valence-corrected chi connectivity index (χ0v) is 15.3. The minimum absolute atomic E-state index is 0.00201. The van der Waals surface area contributed by atoms with Gasteiger partial charge in [-0.3, -0.25) is 4.79 Å². The van der Waals surface area contributed by atoms with Gasteiger partial charge in [0.2, 0.25) is 5.91 Å². The second-order valence-corrected chi connectivity index (χ2v) is 6.70. The molecule has 3 aromatic rings. The molecule has 8 heteroatoms. The monoisotopic (exact) mass is 400 g/mol.